The maximum absolute atomic E-state index is 11.5. The fraction of sp³-hybridized carbons (Fsp3) is 0.333. The van der Waals surface area contributed by atoms with E-state index in [2.05, 4.69) is 26.6 Å². The van der Waals surface area contributed by atoms with Crippen LogP contribution in [0.15, 0.2) is 22.7 Å². The minimum atomic E-state index is -0.239. The van der Waals surface area contributed by atoms with Gasteiger partial charge in [0.2, 0.25) is 11.8 Å². The molecule has 4 nitrogen and oxygen atoms in total. The third-order valence-electron chi connectivity index (χ3n) is 2.17. The van der Waals surface area contributed by atoms with Crippen LogP contribution in [0.25, 0.3) is 0 Å². The van der Waals surface area contributed by atoms with E-state index in [1.165, 1.54) is 0 Å². The van der Waals surface area contributed by atoms with Crippen molar-refractivity contribution in [2.45, 2.75) is 20.3 Å². The molecule has 17 heavy (non-hydrogen) atoms. The molecule has 0 aliphatic heterocycles. The quantitative estimate of drug-likeness (QED) is 0.895. The largest absolute Gasteiger partial charge is 0.347 e. The Hall–Kier alpha value is -1.36. The molecule has 1 aromatic rings. The number of nitrogens with one attached hydrogen (secondary N) is 2. The van der Waals surface area contributed by atoms with Gasteiger partial charge in [0.05, 0.1) is 12.2 Å². The normalized spacial score (nSPS) is 9.82. The first-order valence-electron chi connectivity index (χ1n) is 5.35. The number of anilines is 1. The molecular weight excluding hydrogens is 284 g/mol. The van der Waals surface area contributed by atoms with Gasteiger partial charge in [0, 0.05) is 10.9 Å². The number of carbonyl (C=O) groups is 2. The number of halogens is 1. The second kappa shape index (κ2) is 6.39. The van der Waals surface area contributed by atoms with Crippen LogP contribution >= 0.6 is 15.9 Å². The van der Waals surface area contributed by atoms with Gasteiger partial charge in [-0.25, -0.2) is 0 Å². The molecule has 0 spiro atoms. The van der Waals surface area contributed by atoms with Gasteiger partial charge in [0.25, 0.3) is 0 Å². The maximum atomic E-state index is 11.5. The smallest absolute Gasteiger partial charge is 0.243 e. The summed E-state index contributed by atoms with van der Waals surface area (Å²) in [6.45, 7) is 3.70. The molecule has 2 N–H and O–H groups in total. The van der Waals surface area contributed by atoms with Gasteiger partial charge in [0.15, 0.2) is 0 Å². The molecule has 0 aliphatic carbocycles. The van der Waals surface area contributed by atoms with Gasteiger partial charge in [-0.1, -0.05) is 13.0 Å². The second-order valence-electron chi connectivity index (χ2n) is 3.66. The Labute approximate surface area is 109 Å². The highest BCUT2D eigenvalue weighted by Gasteiger charge is 2.06. The van der Waals surface area contributed by atoms with Crippen LogP contribution in [-0.2, 0) is 9.59 Å². The summed E-state index contributed by atoms with van der Waals surface area (Å²) < 4.78 is 0.827. The summed E-state index contributed by atoms with van der Waals surface area (Å²) in [6, 6.07) is 5.64. The van der Waals surface area contributed by atoms with Crippen molar-refractivity contribution in [2.24, 2.45) is 0 Å². The standard InChI is InChI=1S/C12H15BrN2O2/c1-3-11(16)14-7-12(17)15-10-5-4-8(2)6-9(10)13/h4-6H,3,7H2,1-2H3,(H,14,16)(H,15,17). The summed E-state index contributed by atoms with van der Waals surface area (Å²) in [7, 11) is 0. The second-order valence-corrected chi connectivity index (χ2v) is 4.52. The fourth-order valence-corrected chi connectivity index (χ4v) is 1.81. The molecule has 5 heteroatoms. The summed E-state index contributed by atoms with van der Waals surface area (Å²) >= 11 is 3.37. The molecule has 1 aromatic carbocycles. The maximum Gasteiger partial charge on any atom is 0.243 e. The Morgan fingerprint density at radius 1 is 1.29 bits per heavy atom. The van der Waals surface area contributed by atoms with Crippen LogP contribution in [0, 0.1) is 6.92 Å². The molecule has 92 valence electrons. The van der Waals surface area contributed by atoms with Crippen molar-refractivity contribution >= 4 is 33.4 Å². The van der Waals surface area contributed by atoms with Crippen LogP contribution in [0.4, 0.5) is 5.69 Å². The van der Waals surface area contributed by atoms with E-state index in [9.17, 15) is 9.59 Å². The van der Waals surface area contributed by atoms with Crippen molar-refractivity contribution in [2.75, 3.05) is 11.9 Å². The summed E-state index contributed by atoms with van der Waals surface area (Å²) in [5.41, 5.74) is 1.81. The third kappa shape index (κ3) is 4.56. The molecule has 0 saturated heterocycles. The van der Waals surface area contributed by atoms with E-state index >= 15 is 0 Å². The molecular formula is C12H15BrN2O2. The van der Waals surface area contributed by atoms with Crippen molar-refractivity contribution in [3.05, 3.63) is 28.2 Å². The molecule has 0 heterocycles. The Bertz CT molecular complexity index is 433. The molecule has 0 aliphatic rings. The molecule has 0 atom stereocenters. The fourth-order valence-electron chi connectivity index (χ4n) is 1.22. The van der Waals surface area contributed by atoms with Crippen LogP contribution in [-0.4, -0.2) is 18.4 Å². The zero-order valence-corrected chi connectivity index (χ0v) is 11.4. The van der Waals surface area contributed by atoms with E-state index in [-0.39, 0.29) is 18.4 Å². The first-order valence-corrected chi connectivity index (χ1v) is 6.15. The number of hydrogen-bond acceptors (Lipinski definition) is 2. The minimum absolute atomic E-state index is 0.00695. The third-order valence-corrected chi connectivity index (χ3v) is 2.82. The van der Waals surface area contributed by atoms with Crippen LogP contribution in [0.2, 0.25) is 0 Å². The molecule has 1 rings (SSSR count). The predicted octanol–water partition coefficient (Wildman–Crippen LogP) is 2.22. The lowest BCUT2D eigenvalue weighted by Gasteiger charge is -2.08. The van der Waals surface area contributed by atoms with E-state index < -0.39 is 0 Å². The highest BCUT2D eigenvalue weighted by atomic mass is 79.9. The van der Waals surface area contributed by atoms with Gasteiger partial charge in [-0.2, -0.15) is 0 Å². The van der Waals surface area contributed by atoms with Gasteiger partial charge in [-0.05, 0) is 40.5 Å². The number of aryl methyl sites for hydroxylation is 1. The summed E-state index contributed by atoms with van der Waals surface area (Å²) in [5, 5.41) is 5.23. The lowest BCUT2D eigenvalue weighted by atomic mass is 10.2. The zero-order chi connectivity index (χ0) is 12.8. The lowest BCUT2D eigenvalue weighted by Crippen LogP contribution is -2.32. The SMILES string of the molecule is CCC(=O)NCC(=O)Nc1ccc(C)cc1Br. The van der Waals surface area contributed by atoms with Gasteiger partial charge >= 0.3 is 0 Å². The molecule has 0 saturated carbocycles. The van der Waals surface area contributed by atoms with E-state index in [1.54, 1.807) is 6.92 Å². The first-order chi connectivity index (χ1) is 8.02. The summed E-state index contributed by atoms with van der Waals surface area (Å²) in [4.78, 5) is 22.5. The topological polar surface area (TPSA) is 58.2 Å². The Morgan fingerprint density at radius 2 is 2.00 bits per heavy atom. The average Bonchev–Trinajstić information content (AvgIpc) is 2.29. The monoisotopic (exact) mass is 298 g/mol. The van der Waals surface area contributed by atoms with Crippen molar-refractivity contribution < 1.29 is 9.59 Å². The van der Waals surface area contributed by atoms with E-state index in [0.717, 1.165) is 10.0 Å². The van der Waals surface area contributed by atoms with Crippen molar-refractivity contribution in [1.82, 2.24) is 5.32 Å². The van der Waals surface area contributed by atoms with Crippen molar-refractivity contribution in [3.8, 4) is 0 Å². The molecule has 0 aromatic heterocycles. The molecule has 0 unspecified atom stereocenters. The number of benzene rings is 1. The molecule has 2 amide bonds. The first kappa shape index (κ1) is 13.7. The minimum Gasteiger partial charge on any atom is -0.347 e. The zero-order valence-electron chi connectivity index (χ0n) is 9.84. The van der Waals surface area contributed by atoms with Gasteiger partial charge in [-0.15, -0.1) is 0 Å². The Kier molecular flexibility index (Phi) is 5.15. The summed E-state index contributed by atoms with van der Waals surface area (Å²) in [6.07, 6.45) is 0.376. The Morgan fingerprint density at radius 3 is 2.59 bits per heavy atom. The average molecular weight is 299 g/mol. The lowest BCUT2D eigenvalue weighted by molar-refractivity contribution is -0.123. The molecule has 0 fully saturated rings. The van der Waals surface area contributed by atoms with Gasteiger partial charge in [0.1, 0.15) is 0 Å². The Balaban J connectivity index is 2.53. The van der Waals surface area contributed by atoms with Crippen LogP contribution in [0.1, 0.15) is 18.9 Å². The van der Waals surface area contributed by atoms with Gasteiger partial charge in [-0.3, -0.25) is 9.59 Å². The molecule has 0 radical (unpaired) electrons. The van der Waals surface area contributed by atoms with E-state index in [4.69, 9.17) is 0 Å². The summed E-state index contributed by atoms with van der Waals surface area (Å²) in [5.74, 6) is -0.375. The van der Waals surface area contributed by atoms with Crippen molar-refractivity contribution in [3.63, 3.8) is 0 Å². The van der Waals surface area contributed by atoms with Gasteiger partial charge < -0.3 is 10.6 Å². The highest BCUT2D eigenvalue weighted by molar-refractivity contribution is 9.10. The van der Waals surface area contributed by atoms with E-state index in [1.807, 2.05) is 25.1 Å². The van der Waals surface area contributed by atoms with E-state index in [0.29, 0.717) is 12.1 Å². The number of hydrogen-bond donors (Lipinski definition) is 2. The predicted molar refractivity (Wildman–Crippen MR) is 70.8 cm³/mol. The van der Waals surface area contributed by atoms with Crippen LogP contribution < -0.4 is 10.6 Å². The number of amides is 2. The highest BCUT2D eigenvalue weighted by Crippen LogP contribution is 2.23. The number of carbonyl (C=O) groups excluding carboxylic acids is 2. The van der Waals surface area contributed by atoms with Crippen LogP contribution in [0.5, 0.6) is 0 Å². The number of rotatable bonds is 4. The molecule has 0 bridgehead atoms. The van der Waals surface area contributed by atoms with Crippen LogP contribution in [0.3, 0.4) is 0 Å². The van der Waals surface area contributed by atoms with Crippen molar-refractivity contribution in [1.29, 1.82) is 0 Å².